The van der Waals surface area contributed by atoms with Crippen molar-refractivity contribution in [3.05, 3.63) is 65.5 Å². The van der Waals surface area contributed by atoms with Crippen molar-refractivity contribution in [2.75, 3.05) is 13.7 Å². The molecule has 0 radical (unpaired) electrons. The molecule has 4 rings (SSSR count). The van der Waals surface area contributed by atoms with Crippen molar-refractivity contribution in [2.45, 2.75) is 20.4 Å². The molecule has 1 amide bonds. The summed E-state index contributed by atoms with van der Waals surface area (Å²) in [7, 11) is 1.59. The number of methoxy groups -OCH3 is 1. The Morgan fingerprint density at radius 1 is 1.10 bits per heavy atom. The molecule has 2 aromatic heterocycles. The molecule has 0 bridgehead atoms. The van der Waals surface area contributed by atoms with Crippen molar-refractivity contribution in [2.24, 2.45) is 0 Å². The number of para-hydroxylation sites is 1. The topological polar surface area (TPSA) is 99.4 Å². The number of rotatable bonds is 7. The largest absolute Gasteiger partial charge is 0.496 e. The molecule has 0 saturated carbocycles. The first-order valence-corrected chi connectivity index (χ1v) is 9.76. The molecular weight excluding hydrogens is 396 g/mol. The van der Waals surface area contributed by atoms with Crippen LogP contribution in [0.5, 0.6) is 11.6 Å². The van der Waals surface area contributed by atoms with Crippen LogP contribution in [0.15, 0.2) is 53.3 Å². The molecule has 2 heterocycles. The Balaban J connectivity index is 1.50. The molecule has 0 aliphatic carbocycles. The Morgan fingerprint density at radius 3 is 2.74 bits per heavy atom. The van der Waals surface area contributed by atoms with Gasteiger partial charge in [0.15, 0.2) is 6.61 Å². The zero-order chi connectivity index (χ0) is 21.8. The monoisotopic (exact) mass is 418 g/mol. The third-order valence-electron chi connectivity index (χ3n) is 5.03. The number of nitrogens with one attached hydrogen (secondary N) is 1. The first-order valence-electron chi connectivity index (χ1n) is 9.76. The summed E-state index contributed by atoms with van der Waals surface area (Å²) < 4.78 is 16.4. The molecule has 158 valence electrons. The molecule has 0 spiro atoms. The number of ether oxygens (including phenoxy) is 2. The van der Waals surface area contributed by atoms with E-state index in [4.69, 9.17) is 14.0 Å². The summed E-state index contributed by atoms with van der Waals surface area (Å²) in [6, 6.07) is 13.5. The molecule has 1 N–H and O–H groups in total. The summed E-state index contributed by atoms with van der Waals surface area (Å²) in [5.41, 5.74) is 4.91. The summed E-state index contributed by atoms with van der Waals surface area (Å²) >= 11 is 0. The summed E-state index contributed by atoms with van der Waals surface area (Å²) in [6.07, 6.45) is 1.32. The number of carbonyl (C=O) groups excluding carboxylic acids is 1. The Bertz CT molecular complexity index is 1240. The van der Waals surface area contributed by atoms with Crippen molar-refractivity contribution in [1.29, 1.82) is 0 Å². The molecule has 2 aromatic carbocycles. The SMILES string of the molecule is COc1ccccc1CNC(=O)COc1ncnc2onc(-c3ccc(C)c(C)c3)c12. The van der Waals surface area contributed by atoms with E-state index in [1.54, 1.807) is 7.11 Å². The van der Waals surface area contributed by atoms with Crippen LogP contribution in [-0.2, 0) is 11.3 Å². The van der Waals surface area contributed by atoms with E-state index >= 15 is 0 Å². The van der Waals surface area contributed by atoms with Crippen LogP contribution in [0.25, 0.3) is 22.4 Å². The van der Waals surface area contributed by atoms with Gasteiger partial charge < -0.3 is 19.3 Å². The lowest BCUT2D eigenvalue weighted by Gasteiger charge is -2.10. The average molecular weight is 418 g/mol. The number of fused-ring (bicyclic) bond motifs is 1. The fraction of sp³-hybridized carbons (Fsp3) is 0.217. The van der Waals surface area contributed by atoms with E-state index in [2.05, 4.69) is 20.4 Å². The summed E-state index contributed by atoms with van der Waals surface area (Å²) in [4.78, 5) is 20.6. The Hall–Kier alpha value is -3.94. The van der Waals surface area contributed by atoms with Crippen LogP contribution in [0.4, 0.5) is 0 Å². The summed E-state index contributed by atoms with van der Waals surface area (Å²) in [6.45, 7) is 4.19. The van der Waals surface area contributed by atoms with E-state index in [9.17, 15) is 4.79 Å². The minimum Gasteiger partial charge on any atom is -0.496 e. The average Bonchev–Trinajstić information content (AvgIpc) is 3.23. The second-order valence-corrected chi connectivity index (χ2v) is 7.07. The molecule has 0 aliphatic heterocycles. The van der Waals surface area contributed by atoms with Crippen molar-refractivity contribution in [3.63, 3.8) is 0 Å². The highest BCUT2D eigenvalue weighted by Crippen LogP contribution is 2.33. The maximum absolute atomic E-state index is 12.3. The Morgan fingerprint density at radius 2 is 1.94 bits per heavy atom. The van der Waals surface area contributed by atoms with Crippen LogP contribution in [-0.4, -0.2) is 34.7 Å². The van der Waals surface area contributed by atoms with Crippen LogP contribution >= 0.6 is 0 Å². The summed E-state index contributed by atoms with van der Waals surface area (Å²) in [5.74, 6) is 0.664. The number of carbonyl (C=O) groups is 1. The van der Waals surface area contributed by atoms with Gasteiger partial charge in [0.2, 0.25) is 5.88 Å². The normalized spacial score (nSPS) is 10.8. The van der Waals surface area contributed by atoms with Gasteiger partial charge >= 0.3 is 0 Å². The number of aromatic nitrogens is 3. The maximum Gasteiger partial charge on any atom is 0.265 e. The van der Waals surface area contributed by atoms with Crippen molar-refractivity contribution in [1.82, 2.24) is 20.4 Å². The third-order valence-corrected chi connectivity index (χ3v) is 5.03. The smallest absolute Gasteiger partial charge is 0.265 e. The Kier molecular flexibility index (Phi) is 5.79. The van der Waals surface area contributed by atoms with Gasteiger partial charge in [-0.25, -0.2) is 4.98 Å². The first-order chi connectivity index (χ1) is 15.1. The molecule has 0 aliphatic rings. The molecule has 8 nitrogen and oxygen atoms in total. The highest BCUT2D eigenvalue weighted by Gasteiger charge is 2.19. The van der Waals surface area contributed by atoms with Gasteiger partial charge in [0.25, 0.3) is 11.6 Å². The van der Waals surface area contributed by atoms with Crippen LogP contribution < -0.4 is 14.8 Å². The van der Waals surface area contributed by atoms with E-state index in [0.717, 1.165) is 16.7 Å². The van der Waals surface area contributed by atoms with Gasteiger partial charge in [0.05, 0.1) is 7.11 Å². The van der Waals surface area contributed by atoms with E-state index < -0.39 is 0 Å². The van der Waals surface area contributed by atoms with Gasteiger partial charge in [-0.3, -0.25) is 4.79 Å². The fourth-order valence-electron chi connectivity index (χ4n) is 3.18. The van der Waals surface area contributed by atoms with Crippen molar-refractivity contribution < 1.29 is 18.8 Å². The predicted octanol–water partition coefficient (Wildman–Crippen LogP) is 3.61. The van der Waals surface area contributed by atoms with Gasteiger partial charge in [0.1, 0.15) is 23.2 Å². The van der Waals surface area contributed by atoms with E-state index in [1.807, 2.05) is 56.3 Å². The molecule has 0 saturated heterocycles. The molecule has 0 atom stereocenters. The molecule has 0 unspecified atom stereocenters. The van der Waals surface area contributed by atoms with Crippen LogP contribution in [0.1, 0.15) is 16.7 Å². The second kappa shape index (κ2) is 8.83. The minimum absolute atomic E-state index is 0.210. The van der Waals surface area contributed by atoms with Gasteiger partial charge in [0, 0.05) is 17.7 Å². The lowest BCUT2D eigenvalue weighted by molar-refractivity contribution is -0.123. The minimum atomic E-state index is -0.290. The number of aryl methyl sites for hydroxylation is 2. The number of nitrogens with zero attached hydrogens (tertiary/aromatic N) is 3. The summed E-state index contributed by atoms with van der Waals surface area (Å²) in [5, 5.41) is 7.50. The number of benzene rings is 2. The quantitative estimate of drug-likeness (QED) is 0.489. The number of hydrogen-bond acceptors (Lipinski definition) is 7. The zero-order valence-electron chi connectivity index (χ0n) is 17.5. The van der Waals surface area contributed by atoms with E-state index in [-0.39, 0.29) is 18.4 Å². The standard InChI is InChI=1S/C23H22N4O4/c1-14-8-9-16(10-15(14)2)21-20-22(25-13-26-23(20)31-27-21)30-12-19(28)24-11-17-6-4-5-7-18(17)29-3/h4-10,13H,11-12H2,1-3H3,(H,24,28). The number of amides is 1. The van der Waals surface area contributed by atoms with Crippen molar-refractivity contribution in [3.8, 4) is 22.9 Å². The zero-order valence-corrected chi connectivity index (χ0v) is 17.5. The van der Waals surface area contributed by atoms with Gasteiger partial charge in [-0.2, -0.15) is 4.98 Å². The lowest BCUT2D eigenvalue weighted by Crippen LogP contribution is -2.28. The lowest BCUT2D eigenvalue weighted by atomic mass is 10.0. The van der Waals surface area contributed by atoms with Gasteiger partial charge in [-0.1, -0.05) is 35.5 Å². The number of hydrogen-bond donors (Lipinski definition) is 1. The molecule has 8 heteroatoms. The predicted molar refractivity (Wildman–Crippen MR) is 115 cm³/mol. The molecule has 4 aromatic rings. The van der Waals surface area contributed by atoms with Gasteiger partial charge in [-0.05, 0) is 37.1 Å². The highest BCUT2D eigenvalue weighted by atomic mass is 16.5. The Labute approximate surface area is 179 Å². The maximum atomic E-state index is 12.3. The highest BCUT2D eigenvalue weighted by molar-refractivity contribution is 5.93. The van der Waals surface area contributed by atoms with Crippen LogP contribution in [0.3, 0.4) is 0 Å². The van der Waals surface area contributed by atoms with Crippen molar-refractivity contribution >= 4 is 17.0 Å². The van der Waals surface area contributed by atoms with Crippen LogP contribution in [0, 0.1) is 13.8 Å². The molecule has 31 heavy (non-hydrogen) atoms. The second-order valence-electron chi connectivity index (χ2n) is 7.07. The molecule has 0 fully saturated rings. The first kappa shape index (κ1) is 20.3. The third kappa shape index (κ3) is 4.32. The fourth-order valence-corrected chi connectivity index (χ4v) is 3.18. The van der Waals surface area contributed by atoms with E-state index in [1.165, 1.54) is 11.9 Å². The molecular formula is C23H22N4O4. The van der Waals surface area contributed by atoms with Crippen LogP contribution in [0.2, 0.25) is 0 Å². The van der Waals surface area contributed by atoms with E-state index in [0.29, 0.717) is 29.1 Å². The van der Waals surface area contributed by atoms with Gasteiger partial charge in [-0.15, -0.1) is 0 Å².